The summed E-state index contributed by atoms with van der Waals surface area (Å²) in [6, 6.07) is 23.4. The molecule has 3 aromatic carbocycles. The van der Waals surface area contributed by atoms with Crippen molar-refractivity contribution in [2.75, 3.05) is 9.96 Å². The minimum Gasteiger partial charge on any atom is -0.273 e. The van der Waals surface area contributed by atoms with Crippen molar-refractivity contribution in [2.45, 2.75) is 52.2 Å². The van der Waals surface area contributed by atoms with Crippen LogP contribution in [0.2, 0.25) is 0 Å². The second-order valence-electron chi connectivity index (χ2n) is 10.3. The third-order valence-corrected chi connectivity index (χ3v) is 6.84. The maximum absolute atomic E-state index is 13.8. The Morgan fingerprint density at radius 3 is 2.12 bits per heavy atom. The highest BCUT2D eigenvalue weighted by atomic mass is 16.7. The predicted octanol–water partition coefficient (Wildman–Crippen LogP) is 5.65. The first-order valence-electron chi connectivity index (χ1n) is 11.7. The molecule has 2 heterocycles. The molecule has 174 valence electrons. The Morgan fingerprint density at radius 1 is 0.824 bits per heavy atom. The number of hydrogen-bond donors (Lipinski definition) is 0. The molecule has 3 atom stereocenters. The average Bonchev–Trinajstić information content (AvgIpc) is 3.31. The van der Waals surface area contributed by atoms with Crippen molar-refractivity contribution in [1.82, 2.24) is 0 Å². The summed E-state index contributed by atoms with van der Waals surface area (Å²) in [7, 11) is 0. The highest BCUT2D eigenvalue weighted by Crippen LogP contribution is 2.48. The number of benzene rings is 3. The van der Waals surface area contributed by atoms with Crippen molar-refractivity contribution < 1.29 is 14.4 Å². The lowest BCUT2D eigenvalue weighted by atomic mass is 9.84. The van der Waals surface area contributed by atoms with Crippen LogP contribution >= 0.6 is 0 Å². The lowest BCUT2D eigenvalue weighted by molar-refractivity contribution is -0.126. The summed E-state index contributed by atoms with van der Waals surface area (Å²) in [6.07, 6.45) is -0.860. The minimum atomic E-state index is -0.860. The van der Waals surface area contributed by atoms with Crippen LogP contribution in [0.3, 0.4) is 0 Å². The second-order valence-corrected chi connectivity index (χ2v) is 10.3. The highest BCUT2D eigenvalue weighted by Gasteiger charge is 2.60. The van der Waals surface area contributed by atoms with Crippen molar-refractivity contribution >= 4 is 23.2 Å². The predicted molar refractivity (Wildman–Crippen MR) is 134 cm³/mol. The summed E-state index contributed by atoms with van der Waals surface area (Å²) >= 11 is 0. The van der Waals surface area contributed by atoms with Crippen LogP contribution in [0, 0.1) is 19.8 Å². The molecule has 2 aliphatic heterocycles. The van der Waals surface area contributed by atoms with Crippen LogP contribution in [0.15, 0.2) is 72.8 Å². The Bertz CT molecular complexity index is 1240. The number of fused-ring (bicyclic) bond motifs is 1. The minimum absolute atomic E-state index is 0.0191. The Kier molecular flexibility index (Phi) is 5.33. The first-order valence-corrected chi connectivity index (χ1v) is 11.7. The lowest BCUT2D eigenvalue weighted by Gasteiger charge is -2.29. The first-order chi connectivity index (χ1) is 16.2. The zero-order valence-electron chi connectivity index (χ0n) is 20.3. The van der Waals surface area contributed by atoms with Crippen LogP contribution in [0.4, 0.5) is 11.4 Å². The van der Waals surface area contributed by atoms with E-state index in [0.29, 0.717) is 5.69 Å². The first kappa shape index (κ1) is 22.4. The van der Waals surface area contributed by atoms with E-state index >= 15 is 0 Å². The zero-order chi connectivity index (χ0) is 24.2. The number of rotatable bonds is 3. The van der Waals surface area contributed by atoms with Gasteiger partial charge in [0.1, 0.15) is 5.92 Å². The second kappa shape index (κ2) is 8.10. The molecular weight excluding hydrogens is 424 g/mol. The number of imide groups is 1. The topological polar surface area (TPSA) is 49.9 Å². The van der Waals surface area contributed by atoms with E-state index in [9.17, 15) is 9.59 Å². The molecule has 0 bridgehead atoms. The summed E-state index contributed by atoms with van der Waals surface area (Å²) in [5.41, 5.74) is 5.62. The number of carbonyl (C=O) groups is 2. The molecule has 0 spiro atoms. The number of nitrogens with zero attached hydrogens (tertiary/aromatic N) is 2. The van der Waals surface area contributed by atoms with Crippen molar-refractivity contribution in [2.24, 2.45) is 5.92 Å². The van der Waals surface area contributed by atoms with E-state index < -0.39 is 18.1 Å². The molecule has 0 unspecified atom stereocenters. The average molecular weight is 455 g/mol. The van der Waals surface area contributed by atoms with Crippen LogP contribution in [0.1, 0.15) is 49.1 Å². The number of hydrogen-bond acceptors (Lipinski definition) is 4. The van der Waals surface area contributed by atoms with Crippen molar-refractivity contribution in [3.05, 3.63) is 95.1 Å². The monoisotopic (exact) mass is 454 g/mol. The third-order valence-electron chi connectivity index (χ3n) is 6.84. The number of amides is 2. The summed E-state index contributed by atoms with van der Waals surface area (Å²) in [5, 5.41) is 1.75. The quantitative estimate of drug-likeness (QED) is 0.480. The highest BCUT2D eigenvalue weighted by molar-refractivity contribution is 6.24. The van der Waals surface area contributed by atoms with E-state index in [2.05, 4.69) is 45.0 Å². The summed E-state index contributed by atoms with van der Waals surface area (Å²) in [4.78, 5) is 34.9. The van der Waals surface area contributed by atoms with Crippen LogP contribution in [-0.2, 0) is 19.8 Å². The molecule has 2 aliphatic rings. The SMILES string of the molecule is Cc1ccc(N2C(=O)[C@@H]3[C@H](ON(c4ccccc4)[C@@H]3c3ccc(C(C)(C)C)cc3)C2=O)c(C)c1. The molecule has 5 rings (SSSR count). The number of anilines is 2. The molecule has 2 amide bonds. The smallest absolute Gasteiger partial charge is 0.266 e. The molecule has 3 aromatic rings. The van der Waals surface area contributed by atoms with Gasteiger partial charge >= 0.3 is 0 Å². The molecule has 5 heteroatoms. The Balaban J connectivity index is 1.58. The number of carbonyl (C=O) groups excluding carboxylic acids is 2. The molecular formula is C29H30N2O3. The molecule has 2 fully saturated rings. The fourth-order valence-electron chi connectivity index (χ4n) is 5.03. The van der Waals surface area contributed by atoms with Gasteiger partial charge in [-0.1, -0.05) is 80.9 Å². The van der Waals surface area contributed by atoms with Crippen molar-refractivity contribution in [3.63, 3.8) is 0 Å². The number of aryl methyl sites for hydroxylation is 2. The van der Waals surface area contributed by atoms with Gasteiger partial charge in [-0.3, -0.25) is 14.4 Å². The van der Waals surface area contributed by atoms with Gasteiger partial charge in [0.2, 0.25) is 5.91 Å². The van der Waals surface area contributed by atoms with Gasteiger partial charge in [0.05, 0.1) is 17.4 Å². The van der Waals surface area contributed by atoms with Crippen LogP contribution < -0.4 is 9.96 Å². The third kappa shape index (κ3) is 3.61. The van der Waals surface area contributed by atoms with Gasteiger partial charge in [-0.25, -0.2) is 9.96 Å². The number of hydroxylamine groups is 1. The molecule has 34 heavy (non-hydrogen) atoms. The van der Waals surface area contributed by atoms with Gasteiger partial charge in [-0.05, 0) is 54.2 Å². The van der Waals surface area contributed by atoms with E-state index in [1.165, 1.54) is 10.5 Å². The molecule has 2 saturated heterocycles. The Morgan fingerprint density at radius 2 is 1.50 bits per heavy atom. The summed E-state index contributed by atoms with van der Waals surface area (Å²) in [5.74, 6) is -1.16. The standard InChI is InChI=1S/C29H30N2O3/c1-18-11-16-23(19(2)17-18)30-27(32)24-25(20-12-14-21(15-13-20)29(3,4)5)31(34-26(24)28(30)33)22-9-7-6-8-10-22/h6-17,24-26H,1-5H3/t24-,25+,26-/m0/s1. The fourth-order valence-corrected chi connectivity index (χ4v) is 5.03. The molecule has 0 radical (unpaired) electrons. The largest absolute Gasteiger partial charge is 0.273 e. The maximum Gasteiger partial charge on any atom is 0.266 e. The van der Waals surface area contributed by atoms with Crippen LogP contribution in [-0.4, -0.2) is 17.9 Å². The van der Waals surface area contributed by atoms with Crippen LogP contribution in [0.5, 0.6) is 0 Å². The fraction of sp³-hybridized carbons (Fsp3) is 0.310. The molecule has 0 aliphatic carbocycles. The Hall–Kier alpha value is -3.44. The normalized spacial score (nSPS) is 22.4. The molecule has 0 saturated carbocycles. The van der Waals surface area contributed by atoms with E-state index in [0.717, 1.165) is 22.4 Å². The van der Waals surface area contributed by atoms with Gasteiger partial charge in [-0.2, -0.15) is 0 Å². The number of para-hydroxylation sites is 1. The van der Waals surface area contributed by atoms with Gasteiger partial charge in [-0.15, -0.1) is 0 Å². The van der Waals surface area contributed by atoms with Crippen molar-refractivity contribution in [3.8, 4) is 0 Å². The molecule has 0 aromatic heterocycles. The van der Waals surface area contributed by atoms with Gasteiger partial charge < -0.3 is 0 Å². The summed E-state index contributed by atoms with van der Waals surface area (Å²) in [6.45, 7) is 10.4. The molecule has 5 nitrogen and oxygen atoms in total. The van der Waals surface area contributed by atoms with Crippen LogP contribution in [0.25, 0.3) is 0 Å². The van der Waals surface area contributed by atoms with Crippen molar-refractivity contribution in [1.29, 1.82) is 0 Å². The van der Waals surface area contributed by atoms with Gasteiger partial charge in [0.25, 0.3) is 5.91 Å². The van der Waals surface area contributed by atoms with E-state index in [4.69, 9.17) is 4.84 Å². The lowest BCUT2D eigenvalue weighted by Crippen LogP contribution is -2.37. The maximum atomic E-state index is 13.8. The van der Waals surface area contributed by atoms with E-state index in [1.54, 1.807) is 5.06 Å². The molecule has 0 N–H and O–H groups in total. The van der Waals surface area contributed by atoms with E-state index in [-0.39, 0.29) is 17.2 Å². The van der Waals surface area contributed by atoms with E-state index in [1.807, 2.05) is 62.4 Å². The zero-order valence-corrected chi connectivity index (χ0v) is 20.3. The summed E-state index contributed by atoms with van der Waals surface area (Å²) < 4.78 is 0. The Labute approximate surface area is 200 Å². The van der Waals surface area contributed by atoms with Gasteiger partial charge in [0.15, 0.2) is 6.10 Å². The van der Waals surface area contributed by atoms with Gasteiger partial charge in [0, 0.05) is 0 Å².